The summed E-state index contributed by atoms with van der Waals surface area (Å²) in [5.41, 5.74) is 1.11. The molecular weight excluding hydrogens is 236 g/mol. The third-order valence-electron chi connectivity index (χ3n) is 4.90. The number of hydrogen-bond acceptors (Lipinski definition) is 3. The van der Waals surface area contributed by atoms with Crippen molar-refractivity contribution in [3.8, 4) is 0 Å². The summed E-state index contributed by atoms with van der Waals surface area (Å²) in [5.74, 6) is 0. The summed E-state index contributed by atoms with van der Waals surface area (Å²) in [7, 11) is 0. The lowest BCUT2D eigenvalue weighted by atomic mass is 9.88. The topological polar surface area (TPSA) is 44.8 Å². The molecule has 0 unspecified atom stereocenters. The van der Waals surface area contributed by atoms with E-state index in [9.17, 15) is 0 Å². The van der Waals surface area contributed by atoms with Crippen LogP contribution in [0.4, 0.5) is 0 Å². The molecule has 0 radical (unpaired) electrons. The Bertz CT molecular complexity index is 332. The highest BCUT2D eigenvalue weighted by Gasteiger charge is 2.29. The van der Waals surface area contributed by atoms with Gasteiger partial charge >= 0.3 is 0 Å². The Hall–Kier alpha value is -0.900. The summed E-state index contributed by atoms with van der Waals surface area (Å²) in [6, 6.07) is 1.57. The van der Waals surface area contributed by atoms with Gasteiger partial charge in [-0.3, -0.25) is 10.00 Å². The molecule has 2 aliphatic rings. The molecule has 3 rings (SSSR count). The number of nitrogens with one attached hydrogen (secondary N) is 1. The molecule has 2 aliphatic carbocycles. The van der Waals surface area contributed by atoms with E-state index < -0.39 is 0 Å². The molecule has 2 fully saturated rings. The second kappa shape index (κ2) is 6.51. The van der Waals surface area contributed by atoms with Crippen LogP contribution in [0.3, 0.4) is 0 Å². The fraction of sp³-hybridized carbons (Fsp3) is 0.867. The van der Waals surface area contributed by atoms with Crippen molar-refractivity contribution in [2.75, 3.05) is 0 Å². The molecule has 1 heterocycles. The summed E-state index contributed by atoms with van der Waals surface area (Å²) >= 11 is 0. The smallest absolute Gasteiger partial charge is 0.0964 e. The molecule has 1 aromatic rings. The summed E-state index contributed by atoms with van der Waals surface area (Å²) < 4.78 is 0. The summed E-state index contributed by atoms with van der Waals surface area (Å²) in [4.78, 5) is 2.76. The van der Waals surface area contributed by atoms with Gasteiger partial charge in [-0.15, -0.1) is 5.10 Å². The standard InChI is InChI=1S/C15H26N4/c1-3-7-14(8-4-1)19(12-13-11-16-18-17-13)15-9-5-2-6-10-15/h11,14-15H,1-10,12H2,(H,16,17,18). The maximum Gasteiger partial charge on any atom is 0.0964 e. The first-order chi connectivity index (χ1) is 9.43. The zero-order chi connectivity index (χ0) is 12.9. The van der Waals surface area contributed by atoms with Crippen molar-refractivity contribution in [2.45, 2.75) is 82.8 Å². The van der Waals surface area contributed by atoms with Gasteiger partial charge in [-0.1, -0.05) is 43.7 Å². The molecule has 0 amide bonds. The molecule has 4 nitrogen and oxygen atoms in total. The number of H-pyrrole nitrogens is 1. The summed E-state index contributed by atoms with van der Waals surface area (Å²) in [6.45, 7) is 0.992. The number of rotatable bonds is 4. The predicted molar refractivity (Wildman–Crippen MR) is 75.7 cm³/mol. The summed E-state index contributed by atoms with van der Waals surface area (Å²) in [5, 5.41) is 10.9. The Labute approximate surface area is 116 Å². The highest BCUT2D eigenvalue weighted by molar-refractivity contribution is 4.94. The Morgan fingerprint density at radius 2 is 1.53 bits per heavy atom. The van der Waals surface area contributed by atoms with Gasteiger partial charge in [-0.05, 0) is 25.7 Å². The quantitative estimate of drug-likeness (QED) is 0.905. The number of aromatic amines is 1. The van der Waals surface area contributed by atoms with E-state index >= 15 is 0 Å². The predicted octanol–water partition coefficient (Wildman–Crippen LogP) is 3.27. The van der Waals surface area contributed by atoms with Crippen LogP contribution in [0, 0.1) is 0 Å². The molecule has 0 aliphatic heterocycles. The van der Waals surface area contributed by atoms with Crippen LogP contribution in [0.2, 0.25) is 0 Å². The van der Waals surface area contributed by atoms with Gasteiger partial charge in [0, 0.05) is 24.8 Å². The van der Waals surface area contributed by atoms with Crippen LogP contribution < -0.4 is 0 Å². The van der Waals surface area contributed by atoms with E-state index in [4.69, 9.17) is 0 Å². The lowest BCUT2D eigenvalue weighted by Gasteiger charge is -2.41. The maximum absolute atomic E-state index is 4.20. The van der Waals surface area contributed by atoms with Crippen LogP contribution >= 0.6 is 0 Å². The third-order valence-corrected chi connectivity index (χ3v) is 4.90. The molecule has 4 heteroatoms. The third kappa shape index (κ3) is 3.35. The van der Waals surface area contributed by atoms with E-state index in [2.05, 4.69) is 20.3 Å². The summed E-state index contributed by atoms with van der Waals surface area (Å²) in [6.07, 6.45) is 16.0. The zero-order valence-electron chi connectivity index (χ0n) is 11.9. The molecule has 0 atom stereocenters. The van der Waals surface area contributed by atoms with Gasteiger partial charge in [0.15, 0.2) is 0 Å². The molecular formula is C15H26N4. The average Bonchev–Trinajstić information content (AvgIpc) is 3.00. The first kappa shape index (κ1) is 13.1. The van der Waals surface area contributed by atoms with Gasteiger partial charge in [0.05, 0.1) is 5.69 Å². The van der Waals surface area contributed by atoms with Crippen molar-refractivity contribution in [1.82, 2.24) is 20.3 Å². The minimum Gasteiger partial charge on any atom is -0.291 e. The first-order valence-corrected chi connectivity index (χ1v) is 8.04. The van der Waals surface area contributed by atoms with Crippen molar-refractivity contribution >= 4 is 0 Å². The lowest BCUT2D eigenvalue weighted by molar-refractivity contribution is 0.0718. The van der Waals surface area contributed by atoms with Crippen molar-refractivity contribution in [3.05, 3.63) is 11.9 Å². The van der Waals surface area contributed by atoms with E-state index in [1.807, 2.05) is 6.20 Å². The fourth-order valence-electron chi connectivity index (χ4n) is 3.87. The molecule has 19 heavy (non-hydrogen) atoms. The van der Waals surface area contributed by atoms with Crippen LogP contribution in [0.25, 0.3) is 0 Å². The van der Waals surface area contributed by atoms with E-state index in [-0.39, 0.29) is 0 Å². The zero-order valence-corrected chi connectivity index (χ0v) is 11.9. The Morgan fingerprint density at radius 1 is 0.947 bits per heavy atom. The van der Waals surface area contributed by atoms with Crippen LogP contribution in [-0.4, -0.2) is 32.4 Å². The fourth-order valence-corrected chi connectivity index (χ4v) is 3.87. The molecule has 106 valence electrons. The highest BCUT2D eigenvalue weighted by atomic mass is 15.3. The van der Waals surface area contributed by atoms with Crippen LogP contribution in [-0.2, 0) is 6.54 Å². The monoisotopic (exact) mass is 262 g/mol. The molecule has 1 aromatic heterocycles. The van der Waals surface area contributed by atoms with Gasteiger partial charge in [0.25, 0.3) is 0 Å². The van der Waals surface area contributed by atoms with Crippen molar-refractivity contribution < 1.29 is 0 Å². The van der Waals surface area contributed by atoms with Gasteiger partial charge in [-0.25, -0.2) is 0 Å². The Morgan fingerprint density at radius 3 is 2.00 bits per heavy atom. The molecule has 0 aromatic carbocycles. The van der Waals surface area contributed by atoms with Crippen molar-refractivity contribution in [2.24, 2.45) is 0 Å². The Balaban J connectivity index is 1.69. The van der Waals surface area contributed by atoms with Crippen LogP contribution in [0.5, 0.6) is 0 Å². The molecule has 0 spiro atoms. The van der Waals surface area contributed by atoms with E-state index in [1.54, 1.807) is 0 Å². The number of hydrogen-bond donors (Lipinski definition) is 1. The highest BCUT2D eigenvalue weighted by Crippen LogP contribution is 2.31. The molecule has 1 N–H and O–H groups in total. The van der Waals surface area contributed by atoms with Crippen LogP contribution in [0.1, 0.15) is 69.9 Å². The number of nitrogens with zero attached hydrogens (tertiary/aromatic N) is 3. The molecule has 0 saturated heterocycles. The average molecular weight is 262 g/mol. The SMILES string of the molecule is c1[nH]nnc1CN(C1CCCCC1)C1CCCCC1. The van der Waals surface area contributed by atoms with Gasteiger partial charge in [-0.2, -0.15) is 0 Å². The van der Waals surface area contributed by atoms with E-state index in [0.717, 1.165) is 24.3 Å². The molecule has 2 saturated carbocycles. The van der Waals surface area contributed by atoms with Crippen molar-refractivity contribution in [1.29, 1.82) is 0 Å². The second-order valence-electron chi connectivity index (χ2n) is 6.22. The Kier molecular flexibility index (Phi) is 4.49. The second-order valence-corrected chi connectivity index (χ2v) is 6.22. The number of aromatic nitrogens is 3. The molecule has 0 bridgehead atoms. The van der Waals surface area contributed by atoms with E-state index in [0.29, 0.717) is 0 Å². The maximum atomic E-state index is 4.20. The van der Waals surface area contributed by atoms with Crippen LogP contribution in [0.15, 0.2) is 6.20 Å². The normalized spacial score (nSPS) is 23.0. The van der Waals surface area contributed by atoms with Gasteiger partial charge in [0.2, 0.25) is 0 Å². The van der Waals surface area contributed by atoms with Gasteiger partial charge in [0.1, 0.15) is 0 Å². The van der Waals surface area contributed by atoms with E-state index in [1.165, 1.54) is 64.2 Å². The van der Waals surface area contributed by atoms with Crippen molar-refractivity contribution in [3.63, 3.8) is 0 Å². The lowest BCUT2D eigenvalue weighted by Crippen LogP contribution is -2.44. The van der Waals surface area contributed by atoms with Gasteiger partial charge < -0.3 is 0 Å². The minimum absolute atomic E-state index is 0.786. The largest absolute Gasteiger partial charge is 0.291 e. The minimum atomic E-state index is 0.786. The first-order valence-electron chi connectivity index (χ1n) is 8.04.